The van der Waals surface area contributed by atoms with Gasteiger partial charge in [-0.1, -0.05) is 29.8 Å². The van der Waals surface area contributed by atoms with Crippen LogP contribution in [0.5, 0.6) is 0 Å². The highest BCUT2D eigenvalue weighted by Crippen LogP contribution is 2.27. The van der Waals surface area contributed by atoms with Gasteiger partial charge >= 0.3 is 0 Å². The van der Waals surface area contributed by atoms with E-state index in [0.717, 1.165) is 0 Å². The first-order valence-electron chi connectivity index (χ1n) is 5.99. The highest BCUT2D eigenvalue weighted by Gasteiger charge is 2.13. The van der Waals surface area contributed by atoms with E-state index in [1.165, 1.54) is 12.1 Å². The molecule has 2 rings (SSSR count). The van der Waals surface area contributed by atoms with Crippen LogP contribution in [0.1, 0.15) is 5.56 Å². The van der Waals surface area contributed by atoms with Gasteiger partial charge in [-0.05, 0) is 30.2 Å². The van der Waals surface area contributed by atoms with E-state index in [9.17, 15) is 14.5 Å². The van der Waals surface area contributed by atoms with E-state index in [0.29, 0.717) is 29.2 Å². The van der Waals surface area contributed by atoms with Crippen molar-refractivity contribution >= 4 is 23.0 Å². The zero-order valence-corrected chi connectivity index (χ0v) is 11.2. The highest BCUT2D eigenvalue weighted by molar-refractivity contribution is 6.30. The number of anilines is 1. The van der Waals surface area contributed by atoms with Crippen molar-refractivity contribution in [3.63, 3.8) is 0 Å². The third-order valence-corrected chi connectivity index (χ3v) is 3.06. The quantitative estimate of drug-likeness (QED) is 0.669. The average molecular weight is 295 g/mol. The van der Waals surface area contributed by atoms with Crippen molar-refractivity contribution < 1.29 is 9.31 Å². The average Bonchev–Trinajstić information content (AvgIpc) is 2.42. The Balaban J connectivity index is 2.05. The number of benzene rings is 2. The summed E-state index contributed by atoms with van der Waals surface area (Å²) in [6.45, 7) is 0.392. The maximum atomic E-state index is 13.4. The number of hydrogen-bond donors (Lipinski definition) is 1. The number of nitrogens with zero attached hydrogens (tertiary/aromatic N) is 1. The number of hydrogen-bond acceptors (Lipinski definition) is 3. The van der Waals surface area contributed by atoms with Crippen molar-refractivity contribution in [2.24, 2.45) is 0 Å². The Morgan fingerprint density at radius 1 is 1.25 bits per heavy atom. The molecule has 0 atom stereocenters. The molecular formula is C14H12ClFN2O2. The Kier molecular flexibility index (Phi) is 4.53. The van der Waals surface area contributed by atoms with Crippen LogP contribution in [-0.2, 0) is 6.42 Å². The minimum atomic E-state index is -0.503. The normalized spacial score (nSPS) is 10.3. The topological polar surface area (TPSA) is 55.2 Å². The summed E-state index contributed by atoms with van der Waals surface area (Å²) in [6.07, 6.45) is 0.437. The van der Waals surface area contributed by atoms with Crippen LogP contribution < -0.4 is 5.32 Å². The van der Waals surface area contributed by atoms with Crippen molar-refractivity contribution in [3.05, 3.63) is 69.0 Å². The maximum Gasteiger partial charge on any atom is 0.293 e. The Morgan fingerprint density at radius 3 is 2.70 bits per heavy atom. The molecule has 2 aromatic carbocycles. The predicted molar refractivity (Wildman–Crippen MR) is 76.7 cm³/mol. The maximum absolute atomic E-state index is 13.4. The van der Waals surface area contributed by atoms with E-state index in [4.69, 9.17) is 11.6 Å². The molecule has 0 spiro atoms. The van der Waals surface area contributed by atoms with E-state index in [2.05, 4.69) is 5.32 Å². The Morgan fingerprint density at radius 2 is 2.00 bits per heavy atom. The van der Waals surface area contributed by atoms with Gasteiger partial charge in [-0.15, -0.1) is 0 Å². The zero-order chi connectivity index (χ0) is 14.5. The van der Waals surface area contributed by atoms with Gasteiger partial charge in [0.1, 0.15) is 11.5 Å². The van der Waals surface area contributed by atoms with E-state index < -0.39 is 4.92 Å². The first kappa shape index (κ1) is 14.3. The molecule has 1 N–H and O–H groups in total. The van der Waals surface area contributed by atoms with Gasteiger partial charge in [-0.2, -0.15) is 0 Å². The van der Waals surface area contributed by atoms with Gasteiger partial charge < -0.3 is 5.32 Å². The summed E-state index contributed by atoms with van der Waals surface area (Å²) in [7, 11) is 0. The highest BCUT2D eigenvalue weighted by atomic mass is 35.5. The third-order valence-electron chi connectivity index (χ3n) is 2.82. The van der Waals surface area contributed by atoms with Crippen molar-refractivity contribution in [3.8, 4) is 0 Å². The van der Waals surface area contributed by atoms with Gasteiger partial charge in [0, 0.05) is 17.6 Å². The monoisotopic (exact) mass is 294 g/mol. The lowest BCUT2D eigenvalue weighted by molar-refractivity contribution is -0.383. The largest absolute Gasteiger partial charge is 0.379 e. The molecule has 0 amide bonds. The molecule has 0 aliphatic heterocycles. The molecule has 6 heteroatoms. The van der Waals surface area contributed by atoms with Gasteiger partial charge in [0.05, 0.1) is 4.92 Å². The van der Waals surface area contributed by atoms with E-state index in [-0.39, 0.29) is 11.5 Å². The second-order valence-electron chi connectivity index (χ2n) is 4.19. The molecule has 0 radical (unpaired) electrons. The van der Waals surface area contributed by atoms with Gasteiger partial charge in [0.2, 0.25) is 0 Å². The molecule has 0 fully saturated rings. The molecule has 0 saturated heterocycles. The van der Waals surface area contributed by atoms with Crippen LogP contribution >= 0.6 is 11.6 Å². The lowest BCUT2D eigenvalue weighted by Gasteiger charge is -2.08. The molecule has 0 aliphatic rings. The number of rotatable bonds is 5. The van der Waals surface area contributed by atoms with Crippen LogP contribution in [0.15, 0.2) is 42.5 Å². The molecular weight excluding hydrogens is 283 g/mol. The van der Waals surface area contributed by atoms with E-state index in [1.54, 1.807) is 30.3 Å². The molecule has 0 bridgehead atoms. The van der Waals surface area contributed by atoms with Gasteiger partial charge in [-0.25, -0.2) is 4.39 Å². The van der Waals surface area contributed by atoms with Crippen LogP contribution in [0.25, 0.3) is 0 Å². The first-order chi connectivity index (χ1) is 9.58. The minimum Gasteiger partial charge on any atom is -0.379 e. The molecule has 2 aromatic rings. The van der Waals surface area contributed by atoms with Crippen molar-refractivity contribution in [1.82, 2.24) is 0 Å². The smallest absolute Gasteiger partial charge is 0.293 e. The predicted octanol–water partition coefficient (Wildman–Crippen LogP) is 4.04. The Bertz CT molecular complexity index is 634. The molecule has 0 unspecified atom stereocenters. The molecule has 0 aromatic heterocycles. The standard InChI is InChI=1S/C14H12ClFN2O2/c15-11-5-6-13(14(9-11)18(19)20)17-8-7-10-3-1-2-4-12(10)16/h1-6,9,17H,7-8H2. The Hall–Kier alpha value is -2.14. The number of nitro groups is 1. The molecule has 104 valence electrons. The van der Waals surface area contributed by atoms with Crippen LogP contribution in [0, 0.1) is 15.9 Å². The lowest BCUT2D eigenvalue weighted by atomic mass is 10.1. The molecule has 0 saturated carbocycles. The minimum absolute atomic E-state index is 0.0916. The van der Waals surface area contributed by atoms with Crippen molar-refractivity contribution in [1.29, 1.82) is 0 Å². The molecule has 0 heterocycles. The summed E-state index contributed by atoms with van der Waals surface area (Å²) in [4.78, 5) is 10.4. The van der Waals surface area contributed by atoms with Crippen molar-refractivity contribution in [2.75, 3.05) is 11.9 Å². The second-order valence-corrected chi connectivity index (χ2v) is 4.62. The van der Waals surface area contributed by atoms with Crippen LogP contribution in [0.4, 0.5) is 15.8 Å². The van der Waals surface area contributed by atoms with Gasteiger partial charge in [-0.3, -0.25) is 10.1 Å². The SMILES string of the molecule is O=[N+]([O-])c1cc(Cl)ccc1NCCc1ccccc1F. The summed E-state index contributed by atoms with van der Waals surface area (Å²) >= 11 is 5.73. The summed E-state index contributed by atoms with van der Waals surface area (Å²) in [5, 5.41) is 14.1. The zero-order valence-electron chi connectivity index (χ0n) is 10.5. The van der Waals surface area contributed by atoms with Crippen LogP contribution in [0.2, 0.25) is 5.02 Å². The molecule has 4 nitrogen and oxygen atoms in total. The summed E-state index contributed by atoms with van der Waals surface area (Å²) in [5.74, 6) is -0.278. The third kappa shape index (κ3) is 3.45. The number of nitro benzene ring substituents is 1. The van der Waals surface area contributed by atoms with E-state index in [1.807, 2.05) is 0 Å². The van der Waals surface area contributed by atoms with Crippen molar-refractivity contribution in [2.45, 2.75) is 6.42 Å². The van der Waals surface area contributed by atoms with E-state index >= 15 is 0 Å². The number of halogens is 2. The first-order valence-corrected chi connectivity index (χ1v) is 6.37. The second kappa shape index (κ2) is 6.34. The Labute approximate surface area is 120 Å². The summed E-state index contributed by atoms with van der Waals surface area (Å²) in [6, 6.07) is 10.8. The fourth-order valence-corrected chi connectivity index (χ4v) is 2.00. The fraction of sp³-hybridized carbons (Fsp3) is 0.143. The van der Waals surface area contributed by atoms with Gasteiger partial charge in [0.25, 0.3) is 5.69 Å². The van der Waals surface area contributed by atoms with Crippen LogP contribution in [0.3, 0.4) is 0 Å². The molecule has 0 aliphatic carbocycles. The fourth-order valence-electron chi connectivity index (χ4n) is 1.84. The van der Waals surface area contributed by atoms with Gasteiger partial charge in [0.15, 0.2) is 0 Å². The van der Waals surface area contributed by atoms with Crippen LogP contribution in [-0.4, -0.2) is 11.5 Å². The number of nitrogens with one attached hydrogen (secondary N) is 1. The summed E-state index contributed by atoms with van der Waals surface area (Å²) < 4.78 is 13.4. The summed E-state index contributed by atoms with van der Waals surface area (Å²) in [5.41, 5.74) is 0.846. The lowest BCUT2D eigenvalue weighted by Crippen LogP contribution is -2.07. The molecule has 20 heavy (non-hydrogen) atoms.